The molecule has 0 atom stereocenters. The van der Waals surface area contributed by atoms with Crippen molar-refractivity contribution in [1.29, 1.82) is 0 Å². The van der Waals surface area contributed by atoms with Crippen LogP contribution in [0.25, 0.3) is 28.2 Å². The summed E-state index contributed by atoms with van der Waals surface area (Å²) in [5.74, 6) is -0.0449. The van der Waals surface area contributed by atoms with Gasteiger partial charge < -0.3 is 15.5 Å². The lowest BCUT2D eigenvalue weighted by Crippen LogP contribution is -2.15. The number of nitrogens with two attached hydrogens (primary N) is 1. The molecular weight excluding hydrogens is 382 g/mol. The summed E-state index contributed by atoms with van der Waals surface area (Å²) in [6.07, 6.45) is 0. The van der Waals surface area contributed by atoms with Crippen LogP contribution in [0.1, 0.15) is 10.5 Å². The predicted molar refractivity (Wildman–Crippen MR) is 105 cm³/mol. The van der Waals surface area contributed by atoms with E-state index in [4.69, 9.17) is 22.1 Å². The highest BCUT2D eigenvalue weighted by atomic mass is 35.5. The Hall–Kier alpha value is -3.65. The smallest absolute Gasteiger partial charge is 0.332 e. The number of aromatic nitrogens is 4. The van der Waals surface area contributed by atoms with E-state index in [9.17, 15) is 9.59 Å². The molecule has 0 fully saturated rings. The van der Waals surface area contributed by atoms with Crippen molar-refractivity contribution in [3.05, 3.63) is 69.7 Å². The first-order valence-corrected chi connectivity index (χ1v) is 8.59. The fourth-order valence-corrected chi connectivity index (χ4v) is 3.14. The lowest BCUT2D eigenvalue weighted by molar-refractivity contribution is 0.0997. The van der Waals surface area contributed by atoms with Crippen molar-refractivity contribution in [3.63, 3.8) is 0 Å². The van der Waals surface area contributed by atoms with Gasteiger partial charge in [0.25, 0.3) is 5.91 Å². The quantitative estimate of drug-likeness (QED) is 0.550. The third-order valence-electron chi connectivity index (χ3n) is 4.20. The van der Waals surface area contributed by atoms with Crippen LogP contribution in [0, 0.1) is 0 Å². The van der Waals surface area contributed by atoms with Gasteiger partial charge in [0, 0.05) is 11.6 Å². The molecule has 8 nitrogen and oxygen atoms in total. The van der Waals surface area contributed by atoms with Crippen LogP contribution in [0.5, 0.6) is 5.75 Å². The number of benzene rings is 2. The Kier molecular flexibility index (Phi) is 4.32. The molecule has 2 heterocycles. The molecule has 4 aromatic rings. The van der Waals surface area contributed by atoms with Gasteiger partial charge in [-0.25, -0.2) is 19.3 Å². The summed E-state index contributed by atoms with van der Waals surface area (Å²) in [5, 5.41) is 0.406. The number of nitrogens with one attached hydrogen (secondary N) is 1. The number of imidazole rings is 1. The molecule has 0 saturated heterocycles. The fraction of sp³-hybridized carbons (Fsp3) is 0.0526. The van der Waals surface area contributed by atoms with E-state index in [2.05, 4.69) is 15.0 Å². The van der Waals surface area contributed by atoms with Crippen LogP contribution in [0.4, 0.5) is 0 Å². The third kappa shape index (κ3) is 2.89. The standard InChI is InChI=1S/C19H14ClN5O3/c1-28-11-6-4-5-10(9-11)25-18-15(23-19(25)27)14(16(21)26)22-17(24-18)12-7-2-3-8-13(12)20/h2-9H,1H3,(H2,21,26)(H,23,27). The second-order valence-corrected chi connectivity index (χ2v) is 6.31. The number of fused-ring (bicyclic) bond motifs is 1. The molecule has 9 heteroatoms. The number of carbonyl (C=O) groups is 1. The summed E-state index contributed by atoms with van der Waals surface area (Å²) in [7, 11) is 1.53. The summed E-state index contributed by atoms with van der Waals surface area (Å²) in [4.78, 5) is 36.0. The largest absolute Gasteiger partial charge is 0.497 e. The first-order valence-electron chi connectivity index (χ1n) is 8.21. The Morgan fingerprint density at radius 3 is 2.68 bits per heavy atom. The number of H-pyrrole nitrogens is 1. The van der Waals surface area contributed by atoms with Gasteiger partial charge in [-0.15, -0.1) is 0 Å². The van der Waals surface area contributed by atoms with Crippen LogP contribution in [0.3, 0.4) is 0 Å². The van der Waals surface area contributed by atoms with E-state index in [1.165, 1.54) is 11.7 Å². The number of nitrogens with zero attached hydrogens (tertiary/aromatic N) is 3. The molecule has 4 rings (SSSR count). The maximum Gasteiger partial charge on any atom is 0.332 e. The van der Waals surface area contributed by atoms with E-state index in [0.717, 1.165) is 0 Å². The van der Waals surface area contributed by atoms with Gasteiger partial charge in [0.15, 0.2) is 17.2 Å². The highest BCUT2D eigenvalue weighted by molar-refractivity contribution is 6.33. The molecule has 2 aromatic heterocycles. The Morgan fingerprint density at radius 1 is 1.18 bits per heavy atom. The summed E-state index contributed by atoms with van der Waals surface area (Å²) < 4.78 is 6.55. The second-order valence-electron chi connectivity index (χ2n) is 5.91. The zero-order valence-corrected chi connectivity index (χ0v) is 15.4. The predicted octanol–water partition coefficient (Wildman–Crippen LogP) is 2.54. The van der Waals surface area contributed by atoms with Crippen molar-refractivity contribution in [1.82, 2.24) is 19.5 Å². The van der Waals surface area contributed by atoms with Crippen molar-refractivity contribution >= 4 is 28.7 Å². The van der Waals surface area contributed by atoms with Crippen LogP contribution < -0.4 is 16.2 Å². The molecule has 3 N–H and O–H groups in total. The van der Waals surface area contributed by atoms with E-state index in [1.54, 1.807) is 48.5 Å². The number of halogens is 1. The fourth-order valence-electron chi connectivity index (χ4n) is 2.92. The summed E-state index contributed by atoms with van der Waals surface area (Å²) >= 11 is 6.25. The SMILES string of the molecule is COc1cccc(-n2c(=O)[nH]c3c(C(N)=O)nc(-c4ccccc4Cl)nc32)c1. The summed E-state index contributed by atoms with van der Waals surface area (Å²) in [6, 6.07) is 13.8. The maximum absolute atomic E-state index is 12.6. The molecule has 140 valence electrons. The van der Waals surface area contributed by atoms with Gasteiger partial charge in [0.05, 0.1) is 17.8 Å². The maximum atomic E-state index is 12.6. The molecule has 0 radical (unpaired) electrons. The minimum atomic E-state index is -0.792. The Bertz CT molecular complexity index is 1280. The summed E-state index contributed by atoms with van der Waals surface area (Å²) in [6.45, 7) is 0. The van der Waals surface area contributed by atoms with Crippen LogP contribution >= 0.6 is 11.6 Å². The van der Waals surface area contributed by atoms with Gasteiger partial charge in [0.1, 0.15) is 11.3 Å². The number of amides is 1. The average Bonchev–Trinajstić information content (AvgIpc) is 3.03. The van der Waals surface area contributed by atoms with E-state index >= 15 is 0 Å². The second kappa shape index (κ2) is 6.82. The normalized spacial score (nSPS) is 10.9. The molecule has 0 aliphatic rings. The number of ether oxygens (including phenoxy) is 1. The molecule has 0 unspecified atom stereocenters. The minimum Gasteiger partial charge on any atom is -0.497 e. The van der Waals surface area contributed by atoms with E-state index in [1.807, 2.05) is 0 Å². The lowest BCUT2D eigenvalue weighted by atomic mass is 10.2. The van der Waals surface area contributed by atoms with E-state index in [0.29, 0.717) is 22.0 Å². The number of methoxy groups -OCH3 is 1. The Balaban J connectivity index is 2.07. The van der Waals surface area contributed by atoms with Crippen LogP contribution in [0.2, 0.25) is 5.02 Å². The topological polar surface area (TPSA) is 116 Å². The number of carbonyl (C=O) groups excluding carboxylic acids is 1. The van der Waals surface area contributed by atoms with Crippen LogP contribution in [-0.4, -0.2) is 32.5 Å². The lowest BCUT2D eigenvalue weighted by Gasteiger charge is -2.08. The zero-order chi connectivity index (χ0) is 19.8. The first kappa shape index (κ1) is 17.7. The van der Waals surface area contributed by atoms with Crippen molar-refractivity contribution in [3.8, 4) is 22.8 Å². The molecule has 0 spiro atoms. The van der Waals surface area contributed by atoms with Gasteiger partial charge in [-0.2, -0.15) is 0 Å². The third-order valence-corrected chi connectivity index (χ3v) is 4.53. The molecule has 28 heavy (non-hydrogen) atoms. The number of hydrogen-bond acceptors (Lipinski definition) is 5. The van der Waals surface area contributed by atoms with E-state index < -0.39 is 11.6 Å². The van der Waals surface area contributed by atoms with Gasteiger partial charge in [0.2, 0.25) is 0 Å². The average molecular weight is 396 g/mol. The molecule has 2 aromatic carbocycles. The number of rotatable bonds is 4. The monoisotopic (exact) mass is 395 g/mol. The highest BCUT2D eigenvalue weighted by Gasteiger charge is 2.21. The highest BCUT2D eigenvalue weighted by Crippen LogP contribution is 2.27. The van der Waals surface area contributed by atoms with Crippen molar-refractivity contribution in [2.45, 2.75) is 0 Å². The zero-order valence-electron chi connectivity index (χ0n) is 14.6. The van der Waals surface area contributed by atoms with Crippen molar-refractivity contribution in [2.24, 2.45) is 5.73 Å². The first-order chi connectivity index (χ1) is 13.5. The van der Waals surface area contributed by atoms with E-state index in [-0.39, 0.29) is 22.7 Å². The van der Waals surface area contributed by atoms with Crippen LogP contribution in [-0.2, 0) is 0 Å². The van der Waals surface area contributed by atoms with Crippen LogP contribution in [0.15, 0.2) is 53.3 Å². The molecule has 0 aliphatic heterocycles. The molecule has 1 amide bonds. The van der Waals surface area contributed by atoms with Gasteiger partial charge in [-0.1, -0.05) is 29.8 Å². The Morgan fingerprint density at radius 2 is 1.96 bits per heavy atom. The molecule has 0 bridgehead atoms. The number of aromatic amines is 1. The minimum absolute atomic E-state index is 0.0985. The van der Waals surface area contributed by atoms with Gasteiger partial charge in [-0.3, -0.25) is 4.79 Å². The van der Waals surface area contributed by atoms with Gasteiger partial charge in [-0.05, 0) is 24.3 Å². The number of primary amides is 1. The molecular formula is C19H14ClN5O3. The number of hydrogen-bond donors (Lipinski definition) is 2. The van der Waals surface area contributed by atoms with Crippen molar-refractivity contribution in [2.75, 3.05) is 7.11 Å². The summed E-state index contributed by atoms with van der Waals surface area (Å²) in [5.41, 5.74) is 6.28. The van der Waals surface area contributed by atoms with Crippen molar-refractivity contribution < 1.29 is 9.53 Å². The molecule has 0 aliphatic carbocycles. The molecule has 0 saturated carbocycles. The Labute approximate surface area is 163 Å². The van der Waals surface area contributed by atoms with Gasteiger partial charge >= 0.3 is 5.69 Å².